The lowest BCUT2D eigenvalue weighted by atomic mass is 9.82. The molecule has 2 aliphatic rings. The molecule has 0 bridgehead atoms. The Morgan fingerprint density at radius 1 is 1.20 bits per heavy atom. The van der Waals surface area contributed by atoms with E-state index in [4.69, 9.17) is 0 Å². The van der Waals surface area contributed by atoms with Crippen LogP contribution in [-0.4, -0.2) is 5.78 Å². The summed E-state index contributed by atoms with van der Waals surface area (Å²) in [7, 11) is 0. The van der Waals surface area contributed by atoms with Crippen LogP contribution in [0, 0.1) is 11.8 Å². The van der Waals surface area contributed by atoms with Crippen LogP contribution in [0.15, 0.2) is 23.8 Å². The minimum atomic E-state index is 0.328. The Kier molecular flexibility index (Phi) is 3.40. The van der Waals surface area contributed by atoms with Crippen LogP contribution < -0.4 is 0 Å². The molecule has 0 N–H and O–H groups in total. The van der Waals surface area contributed by atoms with Gasteiger partial charge in [0.1, 0.15) is 0 Å². The molecule has 82 valence electrons. The number of ketones is 1. The zero-order chi connectivity index (χ0) is 10.7. The van der Waals surface area contributed by atoms with Gasteiger partial charge in [-0.05, 0) is 43.3 Å². The van der Waals surface area contributed by atoms with Crippen LogP contribution in [0.3, 0.4) is 0 Å². The van der Waals surface area contributed by atoms with Crippen LogP contribution in [0.5, 0.6) is 0 Å². The van der Waals surface area contributed by atoms with Gasteiger partial charge in [-0.25, -0.2) is 0 Å². The van der Waals surface area contributed by atoms with Crippen molar-refractivity contribution >= 4 is 5.78 Å². The zero-order valence-corrected chi connectivity index (χ0v) is 9.54. The van der Waals surface area contributed by atoms with Gasteiger partial charge in [0, 0.05) is 6.42 Å². The average Bonchev–Trinajstić information content (AvgIpc) is 2.38. The molecule has 0 saturated heterocycles. The monoisotopic (exact) mass is 204 g/mol. The topological polar surface area (TPSA) is 17.1 Å². The van der Waals surface area contributed by atoms with E-state index in [1.807, 2.05) is 6.92 Å². The van der Waals surface area contributed by atoms with E-state index >= 15 is 0 Å². The van der Waals surface area contributed by atoms with E-state index < -0.39 is 0 Å². The highest BCUT2D eigenvalue weighted by molar-refractivity contribution is 5.91. The first-order valence-electron chi connectivity index (χ1n) is 6.15. The third-order valence-electron chi connectivity index (χ3n) is 3.68. The lowest BCUT2D eigenvalue weighted by molar-refractivity contribution is -0.115. The van der Waals surface area contributed by atoms with Gasteiger partial charge in [-0.3, -0.25) is 4.79 Å². The maximum Gasteiger partial charge on any atom is 0.156 e. The van der Waals surface area contributed by atoms with E-state index in [9.17, 15) is 4.79 Å². The standard InChI is InChI=1S/C14H20O/c1-11-7-8-12-5-3-2-4-6-13(12)10-14(15)9-11/h7-9,12-13H,2-6,10H2,1H3/b8-7-,11-9-. The molecule has 0 aliphatic heterocycles. The normalized spacial score (nSPS) is 37.9. The minimum Gasteiger partial charge on any atom is -0.295 e. The Morgan fingerprint density at radius 3 is 2.87 bits per heavy atom. The molecule has 1 saturated carbocycles. The van der Waals surface area contributed by atoms with Crippen molar-refractivity contribution in [1.29, 1.82) is 0 Å². The van der Waals surface area contributed by atoms with Gasteiger partial charge in [0.15, 0.2) is 5.78 Å². The summed E-state index contributed by atoms with van der Waals surface area (Å²) in [5, 5.41) is 0. The van der Waals surface area contributed by atoms with Crippen LogP contribution in [0.2, 0.25) is 0 Å². The van der Waals surface area contributed by atoms with Crippen LogP contribution in [0.25, 0.3) is 0 Å². The fourth-order valence-corrected chi connectivity index (χ4v) is 2.81. The number of allylic oxidation sites excluding steroid dienone is 4. The molecular formula is C14H20O. The van der Waals surface area contributed by atoms with Gasteiger partial charge in [-0.15, -0.1) is 0 Å². The third kappa shape index (κ3) is 2.80. The molecule has 0 heterocycles. The van der Waals surface area contributed by atoms with Crippen LogP contribution >= 0.6 is 0 Å². The summed E-state index contributed by atoms with van der Waals surface area (Å²) >= 11 is 0. The van der Waals surface area contributed by atoms with Crippen molar-refractivity contribution in [1.82, 2.24) is 0 Å². The molecule has 0 spiro atoms. The van der Waals surface area contributed by atoms with E-state index in [-0.39, 0.29) is 0 Å². The van der Waals surface area contributed by atoms with E-state index in [1.165, 1.54) is 32.1 Å². The predicted molar refractivity (Wildman–Crippen MR) is 62.6 cm³/mol. The Balaban J connectivity index is 2.18. The maximum atomic E-state index is 11.7. The number of hydrogen-bond donors (Lipinski definition) is 0. The van der Waals surface area contributed by atoms with Crippen molar-refractivity contribution in [3.8, 4) is 0 Å². The van der Waals surface area contributed by atoms with Crippen molar-refractivity contribution < 1.29 is 4.79 Å². The lowest BCUT2D eigenvalue weighted by Gasteiger charge is -2.22. The van der Waals surface area contributed by atoms with Gasteiger partial charge in [0.25, 0.3) is 0 Å². The van der Waals surface area contributed by atoms with Crippen LogP contribution in [0.1, 0.15) is 45.4 Å². The van der Waals surface area contributed by atoms with Crippen molar-refractivity contribution in [2.75, 3.05) is 0 Å². The van der Waals surface area contributed by atoms with Gasteiger partial charge in [0.05, 0.1) is 0 Å². The quantitative estimate of drug-likeness (QED) is 0.588. The minimum absolute atomic E-state index is 0.328. The van der Waals surface area contributed by atoms with E-state index in [0.717, 1.165) is 12.0 Å². The molecule has 2 rings (SSSR count). The van der Waals surface area contributed by atoms with Gasteiger partial charge in [-0.1, -0.05) is 31.4 Å². The fourth-order valence-electron chi connectivity index (χ4n) is 2.81. The SMILES string of the molecule is CC1=C/C(=O)CC2CCCCCC2/C=C\1. The molecule has 0 aromatic carbocycles. The molecule has 2 atom stereocenters. The van der Waals surface area contributed by atoms with Gasteiger partial charge < -0.3 is 0 Å². The summed E-state index contributed by atoms with van der Waals surface area (Å²) in [6, 6.07) is 0. The average molecular weight is 204 g/mol. The number of hydrogen-bond acceptors (Lipinski definition) is 1. The van der Waals surface area contributed by atoms with E-state index in [0.29, 0.717) is 17.6 Å². The molecule has 0 radical (unpaired) electrons. The summed E-state index contributed by atoms with van der Waals surface area (Å²) < 4.78 is 0. The summed E-state index contributed by atoms with van der Waals surface area (Å²) in [5.74, 6) is 1.59. The highest BCUT2D eigenvalue weighted by Crippen LogP contribution is 2.33. The predicted octanol–water partition coefficient (Wildman–Crippen LogP) is 3.66. The molecule has 1 heteroatoms. The molecule has 1 fully saturated rings. The second-order valence-electron chi connectivity index (χ2n) is 4.98. The lowest BCUT2D eigenvalue weighted by Crippen LogP contribution is -2.16. The summed E-state index contributed by atoms with van der Waals surface area (Å²) in [6.45, 7) is 2.02. The number of carbonyl (C=O) groups excluding carboxylic acids is 1. The molecule has 15 heavy (non-hydrogen) atoms. The van der Waals surface area contributed by atoms with Crippen LogP contribution in [-0.2, 0) is 4.79 Å². The Hall–Kier alpha value is -0.850. The van der Waals surface area contributed by atoms with E-state index in [2.05, 4.69) is 12.2 Å². The second-order valence-corrected chi connectivity index (χ2v) is 4.98. The van der Waals surface area contributed by atoms with Gasteiger partial charge in [-0.2, -0.15) is 0 Å². The first-order valence-corrected chi connectivity index (χ1v) is 6.15. The summed E-state index contributed by atoms with van der Waals surface area (Å²) in [5.41, 5.74) is 1.11. The van der Waals surface area contributed by atoms with E-state index in [1.54, 1.807) is 6.08 Å². The summed E-state index contributed by atoms with van der Waals surface area (Å²) in [6.07, 6.45) is 13.6. The molecular weight excluding hydrogens is 184 g/mol. The van der Waals surface area contributed by atoms with Gasteiger partial charge >= 0.3 is 0 Å². The number of carbonyl (C=O) groups is 1. The number of fused-ring (bicyclic) bond motifs is 1. The van der Waals surface area contributed by atoms with Crippen molar-refractivity contribution in [3.63, 3.8) is 0 Å². The Morgan fingerprint density at radius 2 is 2.00 bits per heavy atom. The number of rotatable bonds is 0. The molecule has 2 aliphatic carbocycles. The van der Waals surface area contributed by atoms with Gasteiger partial charge in [0.2, 0.25) is 0 Å². The molecule has 0 aromatic rings. The largest absolute Gasteiger partial charge is 0.295 e. The molecule has 2 unspecified atom stereocenters. The first kappa shape index (κ1) is 10.7. The maximum absolute atomic E-state index is 11.7. The zero-order valence-electron chi connectivity index (χ0n) is 9.54. The molecule has 0 aromatic heterocycles. The Bertz CT molecular complexity index is 298. The second kappa shape index (κ2) is 4.78. The fraction of sp³-hybridized carbons (Fsp3) is 0.643. The Labute approximate surface area is 92.3 Å². The van der Waals surface area contributed by atoms with Crippen molar-refractivity contribution in [2.45, 2.75) is 45.4 Å². The molecule has 0 amide bonds. The first-order chi connectivity index (χ1) is 7.25. The smallest absolute Gasteiger partial charge is 0.156 e. The van der Waals surface area contributed by atoms with Crippen molar-refractivity contribution in [2.24, 2.45) is 11.8 Å². The summed E-state index contributed by atoms with van der Waals surface area (Å²) in [4.78, 5) is 11.7. The molecule has 1 nitrogen and oxygen atoms in total. The highest BCUT2D eigenvalue weighted by atomic mass is 16.1. The highest BCUT2D eigenvalue weighted by Gasteiger charge is 2.24. The van der Waals surface area contributed by atoms with Crippen LogP contribution in [0.4, 0.5) is 0 Å². The van der Waals surface area contributed by atoms with Crippen molar-refractivity contribution in [3.05, 3.63) is 23.8 Å². The third-order valence-corrected chi connectivity index (χ3v) is 3.68.